The average Bonchev–Trinajstić information content (AvgIpc) is 2.83. The number of methoxy groups -OCH3 is 1. The third kappa shape index (κ3) is 4.06. The zero-order chi connectivity index (χ0) is 13.7. The van der Waals surface area contributed by atoms with Gasteiger partial charge in [0.1, 0.15) is 5.76 Å². The molecule has 0 radical (unpaired) electrons. The summed E-state index contributed by atoms with van der Waals surface area (Å²) in [5.74, 6) is 0.637. The maximum absolute atomic E-state index is 11.6. The average molecular weight is 332 g/mol. The molecule has 0 amide bonds. The van der Waals surface area contributed by atoms with Gasteiger partial charge in [-0.05, 0) is 40.9 Å². The molecular weight excluding hydrogens is 314 g/mol. The minimum atomic E-state index is -0.259. The van der Waals surface area contributed by atoms with Gasteiger partial charge in [0.05, 0.1) is 20.1 Å². The van der Waals surface area contributed by atoms with E-state index in [4.69, 9.17) is 13.9 Å². The highest BCUT2D eigenvalue weighted by atomic mass is 79.9. The van der Waals surface area contributed by atoms with E-state index in [0.717, 1.165) is 18.6 Å². The number of hydrogen-bond acceptors (Lipinski definition) is 5. The van der Waals surface area contributed by atoms with Crippen molar-refractivity contribution in [2.75, 3.05) is 20.3 Å². The van der Waals surface area contributed by atoms with E-state index in [1.54, 1.807) is 0 Å². The molecule has 1 N–H and O–H groups in total. The zero-order valence-electron chi connectivity index (χ0n) is 10.9. The molecule has 0 saturated carbocycles. The van der Waals surface area contributed by atoms with Crippen molar-refractivity contribution in [3.8, 4) is 0 Å². The first-order valence-electron chi connectivity index (χ1n) is 6.27. The van der Waals surface area contributed by atoms with Crippen LogP contribution in [0.25, 0.3) is 0 Å². The van der Waals surface area contributed by atoms with Gasteiger partial charge in [-0.25, -0.2) is 0 Å². The summed E-state index contributed by atoms with van der Waals surface area (Å²) in [6.07, 6.45) is 1.95. The summed E-state index contributed by atoms with van der Waals surface area (Å²) in [6, 6.07) is 3.76. The topological polar surface area (TPSA) is 60.7 Å². The number of carbonyl (C=O) groups excluding carboxylic acids is 1. The molecule has 1 aromatic rings. The SMILES string of the molecule is COC(=O)CC1(NCc2ccc(Br)o2)CCOCC1. The first kappa shape index (κ1) is 14.6. The van der Waals surface area contributed by atoms with Crippen LogP contribution in [0.2, 0.25) is 0 Å². The maximum atomic E-state index is 11.6. The predicted molar refractivity (Wildman–Crippen MR) is 72.7 cm³/mol. The summed E-state index contributed by atoms with van der Waals surface area (Å²) in [7, 11) is 1.42. The second kappa shape index (κ2) is 6.54. The lowest BCUT2D eigenvalue weighted by Crippen LogP contribution is -2.50. The predicted octanol–water partition coefficient (Wildman–Crippen LogP) is 2.24. The normalized spacial score (nSPS) is 18.2. The van der Waals surface area contributed by atoms with Crippen molar-refractivity contribution in [1.29, 1.82) is 0 Å². The highest BCUT2D eigenvalue weighted by Gasteiger charge is 2.35. The highest BCUT2D eigenvalue weighted by molar-refractivity contribution is 9.10. The van der Waals surface area contributed by atoms with Crippen LogP contribution in [-0.4, -0.2) is 31.8 Å². The summed E-state index contributed by atoms with van der Waals surface area (Å²) in [5, 5.41) is 3.43. The summed E-state index contributed by atoms with van der Waals surface area (Å²) in [5.41, 5.74) is -0.259. The van der Waals surface area contributed by atoms with Gasteiger partial charge >= 0.3 is 5.97 Å². The number of ether oxygens (including phenoxy) is 2. The van der Waals surface area contributed by atoms with Gasteiger partial charge in [0.2, 0.25) is 0 Å². The van der Waals surface area contributed by atoms with Crippen LogP contribution in [-0.2, 0) is 20.8 Å². The number of carbonyl (C=O) groups is 1. The second-order valence-electron chi connectivity index (χ2n) is 4.70. The van der Waals surface area contributed by atoms with Gasteiger partial charge in [-0.1, -0.05) is 0 Å². The number of halogens is 1. The molecule has 19 heavy (non-hydrogen) atoms. The molecule has 1 fully saturated rings. The standard InChI is InChI=1S/C13H18BrNO4/c1-17-12(16)8-13(4-6-18-7-5-13)15-9-10-2-3-11(14)19-10/h2-3,15H,4-9H2,1H3. The lowest BCUT2D eigenvalue weighted by Gasteiger charge is -2.37. The first-order chi connectivity index (χ1) is 9.13. The molecule has 0 aromatic carbocycles. The molecule has 1 saturated heterocycles. The highest BCUT2D eigenvalue weighted by Crippen LogP contribution is 2.26. The van der Waals surface area contributed by atoms with Crippen LogP contribution >= 0.6 is 15.9 Å². The van der Waals surface area contributed by atoms with E-state index in [1.807, 2.05) is 12.1 Å². The Morgan fingerprint density at radius 2 is 2.21 bits per heavy atom. The Labute approximate surface area is 120 Å². The van der Waals surface area contributed by atoms with Crippen molar-refractivity contribution in [1.82, 2.24) is 5.32 Å². The Morgan fingerprint density at radius 1 is 1.47 bits per heavy atom. The van der Waals surface area contributed by atoms with Gasteiger partial charge in [-0.3, -0.25) is 4.79 Å². The molecule has 1 aliphatic heterocycles. The van der Waals surface area contributed by atoms with Crippen LogP contribution in [0, 0.1) is 0 Å². The molecule has 1 aliphatic rings. The molecule has 0 unspecified atom stereocenters. The Bertz CT molecular complexity index is 426. The van der Waals surface area contributed by atoms with Crippen molar-refractivity contribution >= 4 is 21.9 Å². The van der Waals surface area contributed by atoms with Gasteiger partial charge in [0, 0.05) is 18.8 Å². The Morgan fingerprint density at radius 3 is 2.79 bits per heavy atom. The molecule has 0 aliphatic carbocycles. The van der Waals surface area contributed by atoms with Gasteiger partial charge in [-0.15, -0.1) is 0 Å². The molecule has 0 bridgehead atoms. The number of furan rings is 1. The number of nitrogens with one attached hydrogen (secondary N) is 1. The van der Waals surface area contributed by atoms with Crippen molar-refractivity contribution in [2.24, 2.45) is 0 Å². The fourth-order valence-corrected chi connectivity index (χ4v) is 2.59. The van der Waals surface area contributed by atoms with Crippen LogP contribution in [0.3, 0.4) is 0 Å². The van der Waals surface area contributed by atoms with Crippen LogP contribution in [0.15, 0.2) is 21.2 Å². The smallest absolute Gasteiger partial charge is 0.307 e. The third-order valence-corrected chi connectivity index (χ3v) is 3.85. The molecule has 0 atom stereocenters. The Kier molecular flexibility index (Phi) is 5.01. The number of esters is 1. The summed E-state index contributed by atoms with van der Waals surface area (Å²) >= 11 is 3.27. The molecule has 106 valence electrons. The summed E-state index contributed by atoms with van der Waals surface area (Å²) in [4.78, 5) is 11.6. The van der Waals surface area contributed by atoms with Gasteiger partial charge in [-0.2, -0.15) is 0 Å². The summed E-state index contributed by atoms with van der Waals surface area (Å²) in [6.45, 7) is 1.90. The number of rotatable bonds is 5. The minimum absolute atomic E-state index is 0.199. The lowest BCUT2D eigenvalue weighted by atomic mass is 9.86. The van der Waals surface area contributed by atoms with Crippen LogP contribution in [0.4, 0.5) is 0 Å². The maximum Gasteiger partial charge on any atom is 0.307 e. The van der Waals surface area contributed by atoms with Crippen molar-refractivity contribution in [2.45, 2.75) is 31.3 Å². The molecule has 0 spiro atoms. The van der Waals surface area contributed by atoms with Gasteiger partial charge in [0.25, 0.3) is 0 Å². The third-order valence-electron chi connectivity index (χ3n) is 3.43. The molecular formula is C13H18BrNO4. The van der Waals surface area contributed by atoms with E-state index >= 15 is 0 Å². The minimum Gasteiger partial charge on any atom is -0.469 e. The van der Waals surface area contributed by atoms with E-state index in [9.17, 15) is 4.79 Å². The summed E-state index contributed by atoms with van der Waals surface area (Å²) < 4.78 is 16.3. The number of hydrogen-bond donors (Lipinski definition) is 1. The molecule has 5 nitrogen and oxygen atoms in total. The molecule has 6 heteroatoms. The van der Waals surface area contributed by atoms with Crippen molar-refractivity contribution in [3.63, 3.8) is 0 Å². The lowest BCUT2D eigenvalue weighted by molar-refractivity contribution is -0.143. The van der Waals surface area contributed by atoms with Gasteiger partial charge < -0.3 is 19.2 Å². The van der Waals surface area contributed by atoms with Crippen LogP contribution in [0.1, 0.15) is 25.0 Å². The fourth-order valence-electron chi connectivity index (χ4n) is 2.25. The van der Waals surface area contributed by atoms with Gasteiger partial charge in [0.15, 0.2) is 4.67 Å². The Hall–Kier alpha value is -0.850. The van der Waals surface area contributed by atoms with Crippen LogP contribution in [0.5, 0.6) is 0 Å². The van der Waals surface area contributed by atoms with Crippen molar-refractivity contribution in [3.05, 3.63) is 22.6 Å². The Balaban J connectivity index is 1.98. The van der Waals surface area contributed by atoms with E-state index in [-0.39, 0.29) is 11.5 Å². The van der Waals surface area contributed by atoms with E-state index in [2.05, 4.69) is 21.2 Å². The molecule has 1 aromatic heterocycles. The van der Waals surface area contributed by atoms with Crippen molar-refractivity contribution < 1.29 is 18.7 Å². The first-order valence-corrected chi connectivity index (χ1v) is 7.07. The van der Waals surface area contributed by atoms with E-state index in [0.29, 0.717) is 30.8 Å². The second-order valence-corrected chi connectivity index (χ2v) is 5.49. The fraction of sp³-hybridized carbons (Fsp3) is 0.615. The van der Waals surface area contributed by atoms with E-state index < -0.39 is 0 Å². The molecule has 2 rings (SSSR count). The monoisotopic (exact) mass is 331 g/mol. The largest absolute Gasteiger partial charge is 0.469 e. The molecule has 2 heterocycles. The quantitative estimate of drug-likeness (QED) is 0.838. The van der Waals surface area contributed by atoms with E-state index in [1.165, 1.54) is 7.11 Å². The zero-order valence-corrected chi connectivity index (χ0v) is 12.5. The van der Waals surface area contributed by atoms with Crippen LogP contribution < -0.4 is 5.32 Å².